The number of alkyl halides is 3. The zero-order chi connectivity index (χ0) is 62.9. The maximum absolute atomic E-state index is 13.6. The third-order valence-electron chi connectivity index (χ3n) is 16.0. The number of rotatable bonds is 39. The Morgan fingerprint density at radius 2 is 1.32 bits per heavy atom. The van der Waals surface area contributed by atoms with Crippen molar-refractivity contribution in [3.8, 4) is 0 Å². The molecule has 2 aromatic carbocycles. The lowest BCUT2D eigenvalue weighted by atomic mass is 9.82. The van der Waals surface area contributed by atoms with Gasteiger partial charge in [-0.15, -0.1) is 10.2 Å². The van der Waals surface area contributed by atoms with E-state index >= 15 is 0 Å². The maximum atomic E-state index is 13.6. The summed E-state index contributed by atoms with van der Waals surface area (Å²) in [5, 5.41) is 41.4. The molecule has 9 amide bonds. The van der Waals surface area contributed by atoms with Gasteiger partial charge in [-0.25, -0.2) is 4.79 Å². The number of carboxylic acid groups (broad SMARTS) is 1. The van der Waals surface area contributed by atoms with E-state index in [1.807, 2.05) is 11.8 Å². The second-order valence-electron chi connectivity index (χ2n) is 22.4. The van der Waals surface area contributed by atoms with Crippen molar-refractivity contribution in [2.24, 2.45) is 16.1 Å². The molecule has 4 heterocycles. The number of thioether (sulfide) groups is 1. The molecule has 0 bridgehead atoms. The summed E-state index contributed by atoms with van der Waals surface area (Å²) >= 11 is 1.87. The SMILES string of the molecule is O=C(O)CN[C@@H](C(=O)N1CC[C@H]1C(=O)NCc1ccc(C(=O)NCCCCNC(=O)C[C@H](NC(=O)c2ccc(C3(C(F)(F)F)N=N3)cc2)C(=O)NCCCOCCOCCOCCCNC(=O)CCCC[C@@H]2SC[C@@H]3NC(=O)N[C@@H]32)cc1)C1CCCCC1. The second-order valence-corrected chi connectivity index (χ2v) is 23.7. The summed E-state index contributed by atoms with van der Waals surface area (Å²) in [7, 11) is 0. The number of urea groups is 1. The number of hydrogen-bond acceptors (Lipinski definition) is 16. The standard InChI is InChI=1S/C59H83F3N12O13S/c60-59(61,62)58(72-73-58)42-20-18-41(19-21-42)53(80)69-43(54(81)66-26-9-29-86-31-33-87-32-30-85-28-8-25-63-47(75)13-5-4-12-46-51-44(37-88-46)70-57(84)71-51)34-48(76)64-23-6-7-24-65-52(79)40-16-14-38(15-17-40)35-68-55(82)45-22-27-74(45)56(83)50(67-36-49(77)78)39-10-2-1-3-11-39/h14-21,39,43-46,50-51,67H,1-13,22-37H2,(H,63,75)(H,64,76)(H,65,79)(H,66,81)(H,68,82)(H,69,80)(H,77,78)(H2,70,71,84)/t43-,44-,45-,46-,50+,51-/m0/s1. The molecule has 10 N–H and O–H groups in total. The van der Waals surface area contributed by atoms with Crippen molar-refractivity contribution in [3.05, 3.63) is 70.8 Å². The van der Waals surface area contributed by atoms with E-state index in [1.165, 1.54) is 4.90 Å². The fourth-order valence-corrected chi connectivity index (χ4v) is 12.4. The minimum absolute atomic E-state index is 0.00735. The molecule has 1 aliphatic carbocycles. The molecule has 88 heavy (non-hydrogen) atoms. The first-order valence-corrected chi connectivity index (χ1v) is 31.5. The van der Waals surface area contributed by atoms with E-state index in [2.05, 4.69) is 58.1 Å². The predicted molar refractivity (Wildman–Crippen MR) is 316 cm³/mol. The van der Waals surface area contributed by atoms with Gasteiger partial charge in [0.2, 0.25) is 29.5 Å². The third-order valence-corrected chi connectivity index (χ3v) is 17.5. The van der Waals surface area contributed by atoms with Crippen LogP contribution in [0.25, 0.3) is 0 Å². The normalized spacial score (nSPS) is 19.9. The Bertz CT molecular complexity index is 2700. The largest absolute Gasteiger partial charge is 0.480 e. The Kier molecular flexibility index (Phi) is 27.0. The Labute approximate surface area is 513 Å². The molecule has 1 saturated carbocycles. The Morgan fingerprint density at radius 1 is 0.705 bits per heavy atom. The number of carbonyl (C=O) groups is 9. The number of amides is 9. The summed E-state index contributed by atoms with van der Waals surface area (Å²) in [5.74, 6) is -3.10. The van der Waals surface area contributed by atoms with E-state index in [0.717, 1.165) is 86.9 Å². The Balaban J connectivity index is 0.735. The predicted octanol–water partition coefficient (Wildman–Crippen LogP) is 3.31. The number of hydrogen-bond donors (Lipinski definition) is 10. The second kappa shape index (κ2) is 34.7. The van der Waals surface area contributed by atoms with Crippen LogP contribution >= 0.6 is 11.8 Å². The molecule has 4 aliphatic heterocycles. The van der Waals surface area contributed by atoms with Crippen molar-refractivity contribution < 1.29 is 75.6 Å². The van der Waals surface area contributed by atoms with E-state index in [1.54, 1.807) is 24.3 Å². The number of carboxylic acids is 1. The first kappa shape index (κ1) is 68.5. The zero-order valence-corrected chi connectivity index (χ0v) is 50.2. The topological polar surface area (TPSA) is 338 Å². The van der Waals surface area contributed by atoms with Crippen LogP contribution in [0.5, 0.6) is 0 Å². The van der Waals surface area contributed by atoms with Gasteiger partial charge in [0.05, 0.1) is 57.5 Å². The van der Waals surface area contributed by atoms with Gasteiger partial charge in [-0.1, -0.05) is 49.9 Å². The van der Waals surface area contributed by atoms with E-state index in [0.29, 0.717) is 88.9 Å². The number of nitrogens with one attached hydrogen (secondary N) is 9. The van der Waals surface area contributed by atoms with Gasteiger partial charge in [-0.2, -0.15) is 24.9 Å². The Morgan fingerprint density at radius 3 is 1.95 bits per heavy atom. The molecule has 7 rings (SSSR count). The number of unbranched alkanes of at least 4 members (excludes halogenated alkanes) is 2. The number of carbonyl (C=O) groups excluding carboxylic acids is 8. The molecule has 0 radical (unpaired) electrons. The summed E-state index contributed by atoms with van der Waals surface area (Å²) in [5.41, 5.74) is -1.93. The number of aliphatic carboxylic acids is 1. The van der Waals surface area contributed by atoms with E-state index in [4.69, 9.17) is 14.2 Å². The summed E-state index contributed by atoms with van der Waals surface area (Å²) < 4.78 is 57.5. The highest BCUT2D eigenvalue weighted by Gasteiger charge is 2.65. The first-order chi connectivity index (χ1) is 42.4. The highest BCUT2D eigenvalue weighted by Crippen LogP contribution is 2.52. The van der Waals surface area contributed by atoms with Crippen LogP contribution in [0.3, 0.4) is 0 Å². The molecule has 4 fully saturated rings. The maximum Gasteiger partial charge on any atom is 0.442 e. The van der Waals surface area contributed by atoms with Gasteiger partial charge in [-0.05, 0) is 93.5 Å². The number of ether oxygens (including phenoxy) is 3. The lowest BCUT2D eigenvalue weighted by molar-refractivity contribution is -0.166. The quantitative estimate of drug-likeness (QED) is 0.0339. The molecule has 0 unspecified atom stereocenters. The van der Waals surface area contributed by atoms with Crippen LogP contribution in [0.15, 0.2) is 58.8 Å². The lowest BCUT2D eigenvalue weighted by Gasteiger charge is -2.43. The van der Waals surface area contributed by atoms with Crippen LogP contribution in [-0.2, 0) is 55.2 Å². The molecule has 25 nitrogen and oxygen atoms in total. The molecule has 0 spiro atoms. The van der Waals surface area contributed by atoms with E-state index < -0.39 is 60.1 Å². The highest BCUT2D eigenvalue weighted by molar-refractivity contribution is 8.00. The average Bonchev–Trinajstić information content (AvgIpc) is 1.94. The van der Waals surface area contributed by atoms with E-state index in [9.17, 15) is 61.4 Å². The van der Waals surface area contributed by atoms with Crippen LogP contribution < -0.4 is 47.9 Å². The fraction of sp³-hybridized carbons (Fsp3) is 0.644. The highest BCUT2D eigenvalue weighted by atomic mass is 32.2. The number of nitrogens with zero attached hydrogens (tertiary/aromatic N) is 3. The van der Waals surface area contributed by atoms with Crippen LogP contribution in [0.2, 0.25) is 0 Å². The molecular formula is C59H83F3N12O13S. The molecular weight excluding hydrogens is 1170 g/mol. The van der Waals surface area contributed by atoms with Crippen molar-refractivity contribution in [1.29, 1.82) is 0 Å². The molecule has 29 heteroatoms. The minimum Gasteiger partial charge on any atom is -0.480 e. The minimum atomic E-state index is -4.77. The van der Waals surface area contributed by atoms with Gasteiger partial charge in [-0.3, -0.25) is 43.7 Å². The molecule has 2 aromatic rings. The Hall–Kier alpha value is -6.95. The molecule has 484 valence electrons. The summed E-state index contributed by atoms with van der Waals surface area (Å²) in [6, 6.07) is 8.67. The number of benzene rings is 2. The molecule has 0 aromatic heterocycles. The van der Waals surface area contributed by atoms with Crippen molar-refractivity contribution in [1.82, 2.24) is 52.8 Å². The molecule has 5 aliphatic rings. The number of fused-ring (bicyclic) bond motifs is 1. The van der Waals surface area contributed by atoms with Gasteiger partial charge >= 0.3 is 23.8 Å². The van der Waals surface area contributed by atoms with Crippen LogP contribution in [-0.4, -0.2) is 190 Å². The van der Waals surface area contributed by atoms with Crippen LogP contribution in [0.1, 0.15) is 128 Å². The van der Waals surface area contributed by atoms with Crippen molar-refractivity contribution in [2.45, 2.75) is 150 Å². The van der Waals surface area contributed by atoms with Crippen LogP contribution in [0.4, 0.5) is 18.0 Å². The number of likely N-dealkylation sites (tertiary alicyclic amines) is 1. The third kappa shape index (κ3) is 21.1. The van der Waals surface area contributed by atoms with Gasteiger partial charge in [0, 0.05) is 86.6 Å². The monoisotopic (exact) mass is 1260 g/mol. The fourth-order valence-electron chi connectivity index (χ4n) is 10.9. The van der Waals surface area contributed by atoms with Gasteiger partial charge in [0.15, 0.2) is 0 Å². The van der Waals surface area contributed by atoms with Crippen molar-refractivity contribution in [3.63, 3.8) is 0 Å². The van der Waals surface area contributed by atoms with Gasteiger partial charge in [0.1, 0.15) is 12.1 Å². The van der Waals surface area contributed by atoms with E-state index in [-0.39, 0.29) is 105 Å². The summed E-state index contributed by atoms with van der Waals surface area (Å²) in [6.07, 6.45) is 4.98. The smallest absolute Gasteiger partial charge is 0.442 e. The van der Waals surface area contributed by atoms with Crippen molar-refractivity contribution >= 4 is 65.1 Å². The van der Waals surface area contributed by atoms with Gasteiger partial charge < -0.3 is 66.8 Å². The van der Waals surface area contributed by atoms with Gasteiger partial charge in [0.25, 0.3) is 11.8 Å². The lowest BCUT2D eigenvalue weighted by Crippen LogP contribution is -2.63. The average molecular weight is 1260 g/mol. The molecule has 6 atom stereocenters. The summed E-state index contributed by atoms with van der Waals surface area (Å²) in [4.78, 5) is 116. The van der Waals surface area contributed by atoms with Crippen molar-refractivity contribution in [2.75, 3.05) is 84.7 Å². The first-order valence-electron chi connectivity index (χ1n) is 30.5. The number of halogens is 3. The van der Waals surface area contributed by atoms with Crippen LogP contribution in [0, 0.1) is 5.92 Å². The zero-order valence-electron chi connectivity index (χ0n) is 49.4. The summed E-state index contributed by atoms with van der Waals surface area (Å²) in [6.45, 7) is 3.30. The molecule has 3 saturated heterocycles.